The Kier molecular flexibility index (Phi) is 33.5. The maximum absolute atomic E-state index is 14.6. The van der Waals surface area contributed by atoms with Gasteiger partial charge in [-0.05, 0) is 104 Å². The molecule has 1 aliphatic rings. The second-order valence-corrected chi connectivity index (χ2v) is 28.4. The maximum Gasteiger partial charge on any atom is 0.326 e. The van der Waals surface area contributed by atoms with Crippen molar-refractivity contribution in [2.24, 2.45) is 35.3 Å². The van der Waals surface area contributed by atoms with Gasteiger partial charge in [-0.15, -0.1) is 0 Å². The molecule has 1 saturated heterocycles. The van der Waals surface area contributed by atoms with Crippen LogP contribution in [0, 0.1) is 29.6 Å². The topological polar surface area (TPSA) is 473 Å². The van der Waals surface area contributed by atoms with Crippen molar-refractivity contribution in [1.29, 1.82) is 0 Å². The average Bonchev–Trinajstić information content (AvgIpc) is 1.80. The number of anilines is 3. The number of amides is 11. The van der Waals surface area contributed by atoms with Gasteiger partial charge in [-0.25, -0.2) is 19.6 Å². The molecule has 8 unspecified atom stereocenters. The number of carboxylic acid groups (broad SMARTS) is 1. The van der Waals surface area contributed by atoms with Gasteiger partial charge in [0.25, 0.3) is 11.5 Å². The van der Waals surface area contributed by atoms with Gasteiger partial charge in [-0.3, -0.25) is 57.7 Å². The summed E-state index contributed by atoms with van der Waals surface area (Å²) in [6.07, 6.45) is 1.26. The minimum atomic E-state index is -1.47. The number of fused-ring (bicyclic) bond motifs is 1. The van der Waals surface area contributed by atoms with Crippen LogP contribution in [0.1, 0.15) is 133 Å². The van der Waals surface area contributed by atoms with E-state index in [1.54, 1.807) is 83.0 Å². The molecule has 0 aliphatic carbocycles. The van der Waals surface area contributed by atoms with Crippen LogP contribution in [-0.2, 0) is 76.8 Å². The van der Waals surface area contributed by atoms with Gasteiger partial charge in [0.15, 0.2) is 11.2 Å². The Morgan fingerprint density at radius 3 is 2.01 bits per heavy atom. The molecule has 0 spiro atoms. The zero-order valence-corrected chi connectivity index (χ0v) is 64.1. The number of nitrogens with two attached hydrogens (primary N) is 2. The molecule has 0 bridgehead atoms. The van der Waals surface area contributed by atoms with Crippen LogP contribution in [-0.4, -0.2) is 214 Å². The SMILES string of the molecule is CCC(C)C(C(CC(=O)N1CCCC1C(OC)C(C)C(=O)N[C@@H](Cc1ccccc1)C(=O)NCCc1ccc(NC(=O)C(CCCNC(N)=O)NC(=O)[C@H](CC(=O)CCC(NC(=O)c2ccc(NCc3cnc4nc(N)[nH]c(=O)c4n3)cc2)C(=O)O)C(C)C)cc1)OC)N(C)C(=O)[C@@H](NC(=O)C(=O)N(C)C)C(C)C. The lowest BCUT2D eigenvalue weighted by Crippen LogP contribution is -2.59. The number of aliphatic carboxylic acids is 1. The number of benzene rings is 3. The van der Waals surface area contributed by atoms with E-state index in [2.05, 4.69) is 62.5 Å². The van der Waals surface area contributed by atoms with E-state index in [1.807, 2.05) is 44.2 Å². The summed E-state index contributed by atoms with van der Waals surface area (Å²) in [5, 5.41) is 32.2. The predicted octanol–water partition coefficient (Wildman–Crippen LogP) is 3.21. The second-order valence-electron chi connectivity index (χ2n) is 28.4. The van der Waals surface area contributed by atoms with Crippen LogP contribution in [0.25, 0.3) is 11.2 Å². The Morgan fingerprint density at radius 2 is 1.39 bits per heavy atom. The molecule has 592 valence electrons. The molecular weight excluding hydrogens is 1410 g/mol. The molecule has 6 rings (SSSR count). The molecule has 11 amide bonds. The normalized spacial score (nSPS) is 15.5. The summed E-state index contributed by atoms with van der Waals surface area (Å²) in [7, 11) is 7.43. The number of H-pyrrole nitrogens is 1. The summed E-state index contributed by atoms with van der Waals surface area (Å²) in [6.45, 7) is 13.3. The van der Waals surface area contributed by atoms with Crippen molar-refractivity contribution in [3.63, 3.8) is 0 Å². The van der Waals surface area contributed by atoms with E-state index in [9.17, 15) is 67.4 Å². The smallest absolute Gasteiger partial charge is 0.326 e. The third-order valence-corrected chi connectivity index (χ3v) is 19.5. The molecule has 33 nitrogen and oxygen atoms in total. The standard InChI is InChI=1S/C76H107N17O16/c1-13-44(6)62(92(10)72(103)60(43(4)5)88-71(102)73(104)91(8)9)58(108-11)39-59(95)93-36-18-22-57(93)63(109-12)45(7)65(96)87-56(37-47-19-15-14-16-20-47)68(99)79-35-33-46-23-27-50(28-24-46)84-69(100)54(21-17-34-80-76(78)107)85-67(98)53(42(2)3)38-52(94)31-32-55(74(105)106)86-66(97)48-25-29-49(30-26-48)81-40-51-41-82-64-61(83-51)70(101)90-75(77)89-64/h14-16,19-20,23-30,41-45,53-58,60,62-63,81H,13,17-18,21-22,31-40H2,1-12H3,(H,79,99)(H,84,100)(H,85,98)(H,86,97)(H,87,96)(H,88,102)(H,105,106)(H3,78,80,107)(H3,77,82,89,90,101)/t44?,45?,53-,54?,55?,56+,57?,58?,60+,62?,63?/m1/s1. The number of methoxy groups -OCH3 is 2. The first-order chi connectivity index (χ1) is 51.7. The summed E-state index contributed by atoms with van der Waals surface area (Å²) < 4.78 is 12.1. The van der Waals surface area contributed by atoms with Crippen molar-refractivity contribution in [1.82, 2.24) is 66.5 Å². The van der Waals surface area contributed by atoms with Gasteiger partial charge in [-0.2, -0.15) is 4.98 Å². The number of nitrogen functional groups attached to an aromatic ring is 1. The molecule has 14 N–H and O–H groups in total. The number of rotatable bonds is 41. The summed E-state index contributed by atoms with van der Waals surface area (Å²) in [5.74, 6) is -10.1. The second kappa shape index (κ2) is 42.0. The Bertz CT molecular complexity index is 4030. The van der Waals surface area contributed by atoms with E-state index < -0.39 is 143 Å². The molecule has 0 radical (unpaired) electrons. The lowest BCUT2D eigenvalue weighted by Gasteiger charge is -2.40. The van der Waals surface area contributed by atoms with Crippen molar-refractivity contribution in [3.8, 4) is 0 Å². The molecule has 0 saturated carbocycles. The average molecular weight is 1510 g/mol. The third kappa shape index (κ3) is 25.6. The first-order valence-electron chi connectivity index (χ1n) is 36.7. The predicted molar refractivity (Wildman–Crippen MR) is 406 cm³/mol. The number of carboxylic acids is 1. The monoisotopic (exact) mass is 1510 g/mol. The van der Waals surface area contributed by atoms with Gasteiger partial charge in [0.1, 0.15) is 30.0 Å². The van der Waals surface area contributed by atoms with E-state index >= 15 is 0 Å². The number of ether oxygens (including phenoxy) is 2. The number of hydrogen-bond donors (Lipinski definition) is 12. The van der Waals surface area contributed by atoms with E-state index in [0.29, 0.717) is 49.3 Å². The van der Waals surface area contributed by atoms with Gasteiger partial charge in [0, 0.05) is 97.1 Å². The van der Waals surface area contributed by atoms with Crippen molar-refractivity contribution >= 4 is 99.4 Å². The van der Waals surface area contributed by atoms with E-state index in [-0.39, 0.29) is 99.1 Å². The fourth-order valence-corrected chi connectivity index (χ4v) is 13.1. The molecule has 1 fully saturated rings. The fraction of sp³-hybridized carbons (Fsp3) is 0.526. The van der Waals surface area contributed by atoms with E-state index in [1.165, 1.54) is 51.5 Å². The molecule has 2 aromatic heterocycles. The number of likely N-dealkylation sites (N-methyl/N-ethyl adjacent to an activating group) is 2. The van der Waals surface area contributed by atoms with Crippen LogP contribution >= 0.6 is 0 Å². The lowest BCUT2D eigenvalue weighted by atomic mass is 9.88. The van der Waals surface area contributed by atoms with Crippen molar-refractivity contribution in [3.05, 3.63) is 118 Å². The summed E-state index contributed by atoms with van der Waals surface area (Å²) in [4.78, 5) is 193. The van der Waals surface area contributed by atoms with Crippen LogP contribution in [0.2, 0.25) is 0 Å². The summed E-state index contributed by atoms with van der Waals surface area (Å²) >= 11 is 0. The molecular formula is C76H107N17O16. The van der Waals surface area contributed by atoms with Gasteiger partial charge >= 0.3 is 23.8 Å². The van der Waals surface area contributed by atoms with Crippen LogP contribution in [0.5, 0.6) is 0 Å². The molecule has 3 aromatic carbocycles. The number of carbonyl (C=O) groups excluding carboxylic acids is 11. The minimum absolute atomic E-state index is 0.00540. The molecule has 3 heterocycles. The van der Waals surface area contributed by atoms with Crippen molar-refractivity contribution < 1.29 is 72.1 Å². The molecule has 5 aromatic rings. The lowest BCUT2D eigenvalue weighted by molar-refractivity contribution is -0.149. The fourth-order valence-electron chi connectivity index (χ4n) is 13.1. The zero-order valence-electron chi connectivity index (χ0n) is 64.1. The van der Waals surface area contributed by atoms with Crippen molar-refractivity contribution in [2.45, 2.75) is 174 Å². The number of hydrogen-bond acceptors (Lipinski definition) is 20. The number of nitrogens with zero attached hydrogens (tertiary/aromatic N) is 6. The highest BCUT2D eigenvalue weighted by Gasteiger charge is 2.44. The number of carbonyl (C=O) groups is 12. The molecule has 109 heavy (non-hydrogen) atoms. The highest BCUT2D eigenvalue weighted by molar-refractivity contribution is 6.35. The van der Waals surface area contributed by atoms with E-state index in [0.717, 1.165) is 16.0 Å². The Morgan fingerprint density at radius 1 is 0.725 bits per heavy atom. The van der Waals surface area contributed by atoms with Gasteiger partial charge in [-0.1, -0.05) is 97.4 Å². The number of urea groups is 1. The number of nitrogens with one attached hydrogen (secondary N) is 9. The third-order valence-electron chi connectivity index (χ3n) is 19.5. The highest BCUT2D eigenvalue weighted by atomic mass is 16.5. The van der Waals surface area contributed by atoms with Crippen LogP contribution < -0.4 is 59.6 Å². The van der Waals surface area contributed by atoms with Gasteiger partial charge in [0.05, 0.1) is 55.1 Å². The van der Waals surface area contributed by atoms with Crippen LogP contribution in [0.15, 0.2) is 89.9 Å². The Labute approximate surface area is 634 Å². The number of aromatic nitrogens is 4. The quantitative estimate of drug-likeness (QED) is 0.0197. The first-order valence-corrected chi connectivity index (χ1v) is 36.7. The number of ketones is 1. The zero-order chi connectivity index (χ0) is 80.3. The minimum Gasteiger partial charge on any atom is -0.480 e. The van der Waals surface area contributed by atoms with Gasteiger partial charge < -0.3 is 83.3 Å². The van der Waals surface area contributed by atoms with E-state index in [4.69, 9.17) is 20.9 Å². The number of primary amides is 1. The summed E-state index contributed by atoms with van der Waals surface area (Å²) in [6, 6.07) is 15.4. The van der Waals surface area contributed by atoms with Crippen LogP contribution in [0.4, 0.5) is 22.1 Å². The maximum atomic E-state index is 14.6. The Balaban J connectivity index is 1.03. The Hall–Kier alpha value is -11.0. The first kappa shape index (κ1) is 87.0. The largest absolute Gasteiger partial charge is 0.480 e. The summed E-state index contributed by atoms with van der Waals surface area (Å²) in [5.41, 5.74) is 13.4. The van der Waals surface area contributed by atoms with Crippen LogP contribution in [0.3, 0.4) is 0 Å². The number of likely N-dealkylation sites (tertiary alicyclic amines) is 1. The molecule has 33 heteroatoms. The highest BCUT2D eigenvalue weighted by Crippen LogP contribution is 2.31. The number of Topliss-reactive ketones (excluding diaryl/α,β-unsaturated/α-hetero) is 1. The number of aromatic amines is 1. The molecule has 1 aliphatic heterocycles. The van der Waals surface area contributed by atoms with Gasteiger partial charge in [0.2, 0.25) is 41.4 Å². The van der Waals surface area contributed by atoms with Crippen molar-refractivity contribution in [2.75, 3.05) is 71.4 Å². The molecule has 11 atom stereocenters.